The van der Waals surface area contributed by atoms with E-state index in [-0.39, 0.29) is 11.2 Å². The second-order valence-electron chi connectivity index (χ2n) is 10.5. The van der Waals surface area contributed by atoms with Crippen molar-refractivity contribution in [3.05, 3.63) is 79.7 Å². The summed E-state index contributed by atoms with van der Waals surface area (Å²) >= 11 is 9.67. The molecule has 0 bridgehead atoms. The molecule has 4 rings (SSSR count). The van der Waals surface area contributed by atoms with Crippen molar-refractivity contribution < 1.29 is 19.0 Å². The summed E-state index contributed by atoms with van der Waals surface area (Å²) in [7, 11) is 1.62. The molecule has 0 saturated carbocycles. The van der Waals surface area contributed by atoms with Gasteiger partial charge in [-0.15, -0.1) is 0 Å². The fourth-order valence-corrected chi connectivity index (χ4v) is 5.94. The Kier molecular flexibility index (Phi) is 8.95. The highest BCUT2D eigenvalue weighted by molar-refractivity contribution is 9.10. The van der Waals surface area contributed by atoms with Crippen LogP contribution < -0.4 is 15.2 Å². The van der Waals surface area contributed by atoms with E-state index in [9.17, 15) is 10.1 Å². The molecule has 0 fully saturated rings. The molecule has 0 amide bonds. The lowest BCUT2D eigenvalue weighted by molar-refractivity contribution is -0.118. The van der Waals surface area contributed by atoms with E-state index in [1.807, 2.05) is 48.2 Å². The highest BCUT2D eigenvalue weighted by atomic mass is 79.9. The van der Waals surface area contributed by atoms with Crippen LogP contribution in [-0.2, 0) is 16.1 Å². The molecule has 1 aliphatic carbocycles. The number of hydrogen-bond acceptors (Lipinski definition) is 7. The molecule has 39 heavy (non-hydrogen) atoms. The summed E-state index contributed by atoms with van der Waals surface area (Å²) in [5.74, 6) is 0.799. The lowest BCUT2D eigenvalue weighted by Crippen LogP contribution is -2.43. The Morgan fingerprint density at radius 1 is 1.21 bits per heavy atom. The van der Waals surface area contributed by atoms with Crippen molar-refractivity contribution in [1.29, 1.82) is 5.26 Å². The standard InChI is InChI=1S/C30H33BrClN3O4/c1-5-38-25-13-19(12-22(31)28(25)39-17-18-6-8-20(32)9-7-18)26-21(16-33)29(34)35(10-11-37-4)23-14-30(2,3)15-24(36)27(23)26/h6-9,12-13,26H,5,10-11,14-15,17,34H2,1-4H3/t26-/m1/s1. The van der Waals surface area contributed by atoms with E-state index in [1.165, 1.54) is 0 Å². The van der Waals surface area contributed by atoms with Crippen molar-refractivity contribution in [2.75, 3.05) is 26.9 Å². The Labute approximate surface area is 243 Å². The summed E-state index contributed by atoms with van der Waals surface area (Å²) in [5.41, 5.74) is 9.89. The predicted octanol–water partition coefficient (Wildman–Crippen LogP) is 6.46. The smallest absolute Gasteiger partial charge is 0.175 e. The van der Waals surface area contributed by atoms with Gasteiger partial charge in [-0.05, 0) is 70.1 Å². The lowest BCUT2D eigenvalue weighted by atomic mass is 9.68. The Bertz CT molecular complexity index is 1360. The average molecular weight is 615 g/mol. The predicted molar refractivity (Wildman–Crippen MR) is 154 cm³/mol. The SMILES string of the molecule is CCOc1cc([C@@H]2C(C#N)=C(N)N(CCOC)C3=C2C(=O)CC(C)(C)C3)cc(Br)c1OCc1ccc(Cl)cc1. The monoisotopic (exact) mass is 613 g/mol. The highest BCUT2D eigenvalue weighted by Crippen LogP contribution is 2.50. The number of methoxy groups -OCH3 is 1. The molecule has 1 aliphatic heterocycles. The van der Waals surface area contributed by atoms with Gasteiger partial charge in [-0.3, -0.25) is 4.79 Å². The minimum absolute atomic E-state index is 0.0195. The average Bonchev–Trinajstić information content (AvgIpc) is 2.87. The number of carbonyl (C=O) groups is 1. The third-order valence-electron chi connectivity index (χ3n) is 6.97. The van der Waals surface area contributed by atoms with Crippen LogP contribution in [0, 0.1) is 16.7 Å². The number of carbonyl (C=O) groups excluding carboxylic acids is 1. The second kappa shape index (κ2) is 12.0. The summed E-state index contributed by atoms with van der Waals surface area (Å²) < 4.78 is 18.1. The molecular weight excluding hydrogens is 582 g/mol. The van der Waals surface area contributed by atoms with Gasteiger partial charge in [-0.2, -0.15) is 5.26 Å². The van der Waals surface area contributed by atoms with Gasteiger partial charge in [0.05, 0.1) is 35.2 Å². The number of ether oxygens (including phenoxy) is 3. The number of hydrogen-bond donors (Lipinski definition) is 1. The number of halogens is 2. The van der Waals surface area contributed by atoms with E-state index in [0.717, 1.165) is 16.8 Å². The third-order valence-corrected chi connectivity index (χ3v) is 7.81. The molecule has 206 valence electrons. The molecule has 1 atom stereocenters. The topological polar surface area (TPSA) is 97.8 Å². The number of rotatable bonds is 9. The first kappa shape index (κ1) is 29.0. The fourth-order valence-electron chi connectivity index (χ4n) is 5.24. The molecule has 2 aliphatic rings. The van der Waals surface area contributed by atoms with Crippen LogP contribution in [-0.4, -0.2) is 37.6 Å². The molecule has 2 aromatic carbocycles. The molecule has 9 heteroatoms. The van der Waals surface area contributed by atoms with Crippen LogP contribution in [0.2, 0.25) is 5.02 Å². The molecular formula is C30H33BrClN3O4. The zero-order valence-electron chi connectivity index (χ0n) is 22.6. The minimum Gasteiger partial charge on any atom is -0.490 e. The zero-order valence-corrected chi connectivity index (χ0v) is 25.0. The quantitative estimate of drug-likeness (QED) is 0.346. The first-order chi connectivity index (χ1) is 18.6. The highest BCUT2D eigenvalue weighted by Gasteiger charge is 2.44. The summed E-state index contributed by atoms with van der Waals surface area (Å²) in [4.78, 5) is 15.6. The molecule has 0 aromatic heterocycles. The van der Waals surface area contributed by atoms with Gasteiger partial charge in [0.2, 0.25) is 0 Å². The normalized spacial score (nSPS) is 18.6. The molecule has 0 spiro atoms. The van der Waals surface area contributed by atoms with Crippen molar-refractivity contribution in [3.63, 3.8) is 0 Å². The number of nitriles is 1. The molecule has 1 heterocycles. The van der Waals surface area contributed by atoms with Crippen molar-refractivity contribution in [2.45, 2.75) is 46.1 Å². The number of nitrogens with two attached hydrogens (primary N) is 1. The Morgan fingerprint density at radius 2 is 1.92 bits per heavy atom. The molecule has 2 aromatic rings. The van der Waals surface area contributed by atoms with Gasteiger partial charge in [0, 0.05) is 36.4 Å². The van der Waals surface area contributed by atoms with Crippen molar-refractivity contribution in [2.24, 2.45) is 11.1 Å². The van der Waals surface area contributed by atoms with Crippen LogP contribution in [0.25, 0.3) is 0 Å². The van der Waals surface area contributed by atoms with Gasteiger partial charge in [0.1, 0.15) is 12.4 Å². The maximum atomic E-state index is 13.7. The second-order valence-corrected chi connectivity index (χ2v) is 11.8. The number of benzene rings is 2. The molecule has 2 N–H and O–H groups in total. The van der Waals surface area contributed by atoms with Crippen LogP contribution in [0.1, 0.15) is 50.7 Å². The van der Waals surface area contributed by atoms with Crippen LogP contribution in [0.15, 0.2) is 63.5 Å². The van der Waals surface area contributed by atoms with Gasteiger partial charge in [-0.25, -0.2) is 0 Å². The summed E-state index contributed by atoms with van der Waals surface area (Å²) in [6.45, 7) is 7.63. The maximum Gasteiger partial charge on any atom is 0.175 e. The van der Waals surface area contributed by atoms with Gasteiger partial charge in [0.15, 0.2) is 17.3 Å². The van der Waals surface area contributed by atoms with Crippen LogP contribution in [0.3, 0.4) is 0 Å². The lowest BCUT2D eigenvalue weighted by Gasteiger charge is -2.43. The maximum absolute atomic E-state index is 13.7. The van der Waals surface area contributed by atoms with Crippen LogP contribution in [0.5, 0.6) is 11.5 Å². The Hall–Kier alpha value is -2.99. The fraction of sp³-hybridized carbons (Fsp3) is 0.400. The van der Waals surface area contributed by atoms with E-state index in [2.05, 4.69) is 35.8 Å². The molecule has 0 unspecified atom stereocenters. The van der Waals surface area contributed by atoms with Crippen LogP contribution >= 0.6 is 27.5 Å². The molecule has 0 radical (unpaired) electrons. The molecule has 0 saturated heterocycles. The third kappa shape index (κ3) is 6.11. The summed E-state index contributed by atoms with van der Waals surface area (Å²) in [5, 5.41) is 10.9. The van der Waals surface area contributed by atoms with Gasteiger partial charge in [-0.1, -0.05) is 37.6 Å². The van der Waals surface area contributed by atoms with E-state index < -0.39 is 5.92 Å². The number of nitrogens with zero attached hydrogens (tertiary/aromatic N) is 2. The van der Waals surface area contributed by atoms with Crippen molar-refractivity contribution in [1.82, 2.24) is 4.90 Å². The largest absolute Gasteiger partial charge is 0.490 e. The van der Waals surface area contributed by atoms with E-state index in [4.69, 9.17) is 31.5 Å². The Balaban J connectivity index is 1.81. The van der Waals surface area contributed by atoms with Crippen molar-refractivity contribution >= 4 is 33.3 Å². The van der Waals surface area contributed by atoms with Crippen LogP contribution in [0.4, 0.5) is 0 Å². The van der Waals surface area contributed by atoms with Crippen molar-refractivity contribution in [3.8, 4) is 17.6 Å². The Morgan fingerprint density at radius 3 is 2.56 bits per heavy atom. The number of ketones is 1. The first-order valence-corrected chi connectivity index (χ1v) is 14.0. The summed E-state index contributed by atoms with van der Waals surface area (Å²) in [6.07, 6.45) is 1.05. The van der Waals surface area contributed by atoms with E-state index in [0.29, 0.717) is 77.2 Å². The zero-order chi connectivity index (χ0) is 28.3. The van der Waals surface area contributed by atoms with Gasteiger partial charge < -0.3 is 24.8 Å². The van der Waals surface area contributed by atoms with E-state index in [1.54, 1.807) is 7.11 Å². The van der Waals surface area contributed by atoms with E-state index >= 15 is 0 Å². The van der Waals surface area contributed by atoms with Gasteiger partial charge in [0.25, 0.3) is 0 Å². The summed E-state index contributed by atoms with van der Waals surface area (Å²) in [6, 6.07) is 13.5. The molecule has 7 nitrogen and oxygen atoms in total. The minimum atomic E-state index is -0.617. The number of Topliss-reactive ketones (excluding diaryl/α,β-unsaturated/α-hetero) is 1. The number of allylic oxidation sites excluding steroid dienone is 3. The van der Waals surface area contributed by atoms with Gasteiger partial charge >= 0.3 is 0 Å². The first-order valence-electron chi connectivity index (χ1n) is 12.9.